The molecular weight excluding hydrogens is 154 g/mol. The van der Waals surface area contributed by atoms with Crippen molar-refractivity contribution in [1.29, 1.82) is 0 Å². The van der Waals surface area contributed by atoms with Gasteiger partial charge in [0, 0.05) is 11.8 Å². The van der Waals surface area contributed by atoms with Crippen molar-refractivity contribution in [3.05, 3.63) is 0 Å². The molecule has 11 heavy (non-hydrogen) atoms. The first-order valence-electron chi connectivity index (χ1n) is 4.56. The third-order valence-electron chi connectivity index (χ3n) is 1.75. The highest BCUT2D eigenvalue weighted by Gasteiger charge is 1.96. The highest BCUT2D eigenvalue weighted by molar-refractivity contribution is 7.99. The molecule has 0 aromatic carbocycles. The third kappa shape index (κ3) is 8.21. The van der Waals surface area contributed by atoms with Crippen LogP contribution in [0.2, 0.25) is 0 Å². The van der Waals surface area contributed by atoms with Gasteiger partial charge in [-0.05, 0) is 26.1 Å². The lowest BCUT2D eigenvalue weighted by molar-refractivity contribution is 0.676. The Balaban J connectivity index is 2.89. The first-order valence-corrected chi connectivity index (χ1v) is 5.71. The van der Waals surface area contributed by atoms with E-state index in [-0.39, 0.29) is 0 Å². The lowest BCUT2D eigenvalue weighted by Gasteiger charge is -2.08. The molecule has 0 fully saturated rings. The molecule has 68 valence electrons. The van der Waals surface area contributed by atoms with Gasteiger partial charge in [0.15, 0.2) is 0 Å². The Bertz CT molecular complexity index is 76.0. The number of hydrogen-bond acceptors (Lipinski definition) is 2. The van der Waals surface area contributed by atoms with E-state index in [1.54, 1.807) is 0 Å². The minimum Gasteiger partial charge on any atom is -0.316 e. The molecule has 2 heteroatoms. The van der Waals surface area contributed by atoms with Crippen molar-refractivity contribution in [2.75, 3.05) is 18.6 Å². The summed E-state index contributed by atoms with van der Waals surface area (Å²) in [4.78, 5) is 0. The maximum atomic E-state index is 3.23. The van der Waals surface area contributed by atoms with Crippen molar-refractivity contribution >= 4 is 11.8 Å². The summed E-state index contributed by atoms with van der Waals surface area (Å²) in [6, 6.07) is 0.668. The highest BCUT2D eigenvalue weighted by atomic mass is 32.2. The Morgan fingerprint density at radius 3 is 2.64 bits per heavy atom. The summed E-state index contributed by atoms with van der Waals surface area (Å²) in [5, 5.41) is 3.23. The monoisotopic (exact) mass is 175 g/mol. The molecule has 0 aliphatic heterocycles. The molecule has 0 bridgehead atoms. The van der Waals surface area contributed by atoms with E-state index in [1.165, 1.54) is 30.8 Å². The Kier molecular flexibility index (Phi) is 8.64. The summed E-state index contributed by atoms with van der Waals surface area (Å²) in [6.45, 7) is 4.48. The molecule has 0 spiro atoms. The Labute approximate surface area is 75.3 Å². The smallest absolute Gasteiger partial charge is 0.0126 e. The number of unbranched alkanes of at least 4 members (excludes halogenated alkanes) is 2. The molecule has 0 saturated carbocycles. The molecule has 0 rings (SSSR count). The van der Waals surface area contributed by atoms with Crippen LogP contribution in [0.25, 0.3) is 0 Å². The van der Waals surface area contributed by atoms with E-state index in [0.717, 1.165) is 0 Å². The van der Waals surface area contributed by atoms with Crippen LogP contribution in [-0.4, -0.2) is 24.6 Å². The van der Waals surface area contributed by atoms with Gasteiger partial charge in [-0.15, -0.1) is 0 Å². The SMILES string of the molecule is CCCCCSCC(C)NC. The quantitative estimate of drug-likeness (QED) is 0.597. The van der Waals surface area contributed by atoms with Crippen molar-refractivity contribution in [3.8, 4) is 0 Å². The minimum atomic E-state index is 0.668. The van der Waals surface area contributed by atoms with Gasteiger partial charge >= 0.3 is 0 Å². The first-order chi connectivity index (χ1) is 5.31. The largest absolute Gasteiger partial charge is 0.316 e. The highest BCUT2D eigenvalue weighted by Crippen LogP contribution is 2.07. The Hall–Kier alpha value is 0.310. The van der Waals surface area contributed by atoms with E-state index in [9.17, 15) is 0 Å². The van der Waals surface area contributed by atoms with Gasteiger partial charge in [-0.1, -0.05) is 19.8 Å². The van der Waals surface area contributed by atoms with Crippen LogP contribution in [0, 0.1) is 0 Å². The van der Waals surface area contributed by atoms with Gasteiger partial charge in [-0.3, -0.25) is 0 Å². The predicted octanol–water partition coefficient (Wildman–Crippen LogP) is 2.52. The second kappa shape index (κ2) is 8.41. The maximum absolute atomic E-state index is 3.23. The second-order valence-electron chi connectivity index (χ2n) is 2.97. The Morgan fingerprint density at radius 1 is 1.36 bits per heavy atom. The molecule has 0 amide bonds. The molecule has 1 N–H and O–H groups in total. The number of thioether (sulfide) groups is 1. The van der Waals surface area contributed by atoms with Gasteiger partial charge in [-0.25, -0.2) is 0 Å². The van der Waals surface area contributed by atoms with E-state index in [2.05, 4.69) is 30.9 Å². The summed E-state index contributed by atoms with van der Waals surface area (Å²) >= 11 is 2.06. The zero-order valence-electron chi connectivity index (χ0n) is 8.02. The molecule has 1 atom stereocenters. The van der Waals surface area contributed by atoms with Gasteiger partial charge in [0.25, 0.3) is 0 Å². The van der Waals surface area contributed by atoms with Gasteiger partial charge in [-0.2, -0.15) is 11.8 Å². The van der Waals surface area contributed by atoms with Gasteiger partial charge in [0.05, 0.1) is 0 Å². The number of rotatable bonds is 7. The summed E-state index contributed by atoms with van der Waals surface area (Å²) in [5.74, 6) is 2.58. The molecule has 0 aromatic heterocycles. The van der Waals surface area contributed by atoms with Crippen molar-refractivity contribution in [3.63, 3.8) is 0 Å². The lowest BCUT2D eigenvalue weighted by Crippen LogP contribution is -2.23. The van der Waals surface area contributed by atoms with Crippen LogP contribution in [0.1, 0.15) is 33.1 Å². The van der Waals surface area contributed by atoms with E-state index in [1.807, 2.05) is 7.05 Å². The molecule has 1 nitrogen and oxygen atoms in total. The topological polar surface area (TPSA) is 12.0 Å². The third-order valence-corrected chi connectivity index (χ3v) is 3.07. The number of hydrogen-bond donors (Lipinski definition) is 1. The fourth-order valence-corrected chi connectivity index (χ4v) is 1.89. The summed E-state index contributed by atoms with van der Waals surface area (Å²) < 4.78 is 0. The van der Waals surface area contributed by atoms with Crippen molar-refractivity contribution < 1.29 is 0 Å². The van der Waals surface area contributed by atoms with Crippen LogP contribution in [-0.2, 0) is 0 Å². The molecule has 0 aliphatic carbocycles. The van der Waals surface area contributed by atoms with Gasteiger partial charge < -0.3 is 5.32 Å². The summed E-state index contributed by atoms with van der Waals surface area (Å²) in [7, 11) is 2.03. The zero-order chi connectivity index (χ0) is 8.53. The maximum Gasteiger partial charge on any atom is 0.0126 e. The van der Waals surface area contributed by atoms with Crippen LogP contribution in [0.3, 0.4) is 0 Å². The van der Waals surface area contributed by atoms with E-state index in [0.29, 0.717) is 6.04 Å². The van der Waals surface area contributed by atoms with E-state index in [4.69, 9.17) is 0 Å². The minimum absolute atomic E-state index is 0.668. The molecule has 0 aliphatic rings. The lowest BCUT2D eigenvalue weighted by atomic mass is 10.3. The summed E-state index contributed by atoms with van der Waals surface area (Å²) in [5.41, 5.74) is 0. The molecule has 0 heterocycles. The first kappa shape index (κ1) is 11.3. The normalized spacial score (nSPS) is 13.4. The molecule has 1 unspecified atom stereocenters. The molecule has 0 saturated heterocycles. The standard InChI is InChI=1S/C9H21NS/c1-4-5-6-7-11-8-9(2)10-3/h9-10H,4-8H2,1-3H3. The average molecular weight is 175 g/mol. The average Bonchev–Trinajstić information content (AvgIpc) is 2.04. The zero-order valence-corrected chi connectivity index (χ0v) is 8.84. The van der Waals surface area contributed by atoms with Gasteiger partial charge in [0.2, 0.25) is 0 Å². The molecular formula is C9H21NS. The van der Waals surface area contributed by atoms with Crippen LogP contribution in [0.15, 0.2) is 0 Å². The summed E-state index contributed by atoms with van der Waals surface area (Å²) in [6.07, 6.45) is 4.11. The second-order valence-corrected chi connectivity index (χ2v) is 4.12. The fourth-order valence-electron chi connectivity index (χ4n) is 0.798. The van der Waals surface area contributed by atoms with Crippen molar-refractivity contribution in [2.45, 2.75) is 39.2 Å². The van der Waals surface area contributed by atoms with E-state index >= 15 is 0 Å². The van der Waals surface area contributed by atoms with Crippen LogP contribution < -0.4 is 5.32 Å². The Morgan fingerprint density at radius 2 is 2.09 bits per heavy atom. The molecule has 0 radical (unpaired) electrons. The van der Waals surface area contributed by atoms with Crippen LogP contribution in [0.5, 0.6) is 0 Å². The van der Waals surface area contributed by atoms with E-state index < -0.39 is 0 Å². The molecule has 0 aromatic rings. The van der Waals surface area contributed by atoms with Crippen LogP contribution in [0.4, 0.5) is 0 Å². The van der Waals surface area contributed by atoms with Crippen LogP contribution >= 0.6 is 11.8 Å². The number of nitrogens with one attached hydrogen (secondary N) is 1. The van der Waals surface area contributed by atoms with Crippen molar-refractivity contribution in [2.24, 2.45) is 0 Å². The predicted molar refractivity (Wildman–Crippen MR) is 55.4 cm³/mol. The fraction of sp³-hybridized carbons (Fsp3) is 1.00. The van der Waals surface area contributed by atoms with Gasteiger partial charge in [0.1, 0.15) is 0 Å². The van der Waals surface area contributed by atoms with Crippen molar-refractivity contribution in [1.82, 2.24) is 5.32 Å².